The molecule has 0 saturated carbocycles. The fourth-order valence-corrected chi connectivity index (χ4v) is 5.86. The Kier molecular flexibility index (Phi) is 12.9. The Bertz CT molecular complexity index is 1480. The number of hydrogen-bond acceptors (Lipinski definition) is 17. The van der Waals surface area contributed by atoms with E-state index in [9.17, 15) is 34.1 Å². The van der Waals surface area contributed by atoms with E-state index >= 15 is 0 Å². The van der Waals surface area contributed by atoms with Gasteiger partial charge in [-0.1, -0.05) is 20.8 Å². The molecule has 0 N–H and O–H groups in total. The molecule has 1 fully saturated rings. The minimum absolute atomic E-state index is 0.0673. The molecule has 1 saturated heterocycles. The van der Waals surface area contributed by atoms with Crippen LogP contribution >= 0.6 is 0 Å². The van der Waals surface area contributed by atoms with Gasteiger partial charge in [0.05, 0.1) is 6.07 Å². The van der Waals surface area contributed by atoms with Gasteiger partial charge >= 0.3 is 35.7 Å². The van der Waals surface area contributed by atoms with E-state index in [0.29, 0.717) is 0 Å². The molecule has 0 aliphatic carbocycles. The van der Waals surface area contributed by atoms with E-state index in [-0.39, 0.29) is 16.6 Å². The third-order valence-corrected chi connectivity index (χ3v) is 12.3. The molecule has 19 heteroatoms. The van der Waals surface area contributed by atoms with Crippen molar-refractivity contribution in [1.82, 2.24) is 0 Å². The summed E-state index contributed by atoms with van der Waals surface area (Å²) in [5.74, 6) is -4.64. The van der Waals surface area contributed by atoms with Gasteiger partial charge in [0.1, 0.15) is 29.2 Å². The SMILES string of the molecule is CC(=O)OC[C@H]1O[C@@H](O[C@H]2C=C(O[Si](C)(C)C(C)(C)C)[C@@H](OC(C)=O)[C@@H](c3ccc([N+](=O)[O-])o3)O2)[C@H](OC(C)=O)[C@@H](OC(C)=O)[C@@H]1OC(C)=O. The third-order valence-electron chi connectivity index (χ3n) is 7.90. The lowest BCUT2D eigenvalue weighted by Gasteiger charge is -2.45. The van der Waals surface area contributed by atoms with Gasteiger partial charge in [0.25, 0.3) is 0 Å². The normalized spacial score (nSPS) is 26.9. The summed E-state index contributed by atoms with van der Waals surface area (Å²) in [6, 6.07) is 2.35. The van der Waals surface area contributed by atoms with E-state index in [4.69, 9.17) is 46.7 Å². The van der Waals surface area contributed by atoms with Crippen LogP contribution in [-0.2, 0) is 66.3 Å². The van der Waals surface area contributed by atoms with E-state index in [1.165, 1.54) is 12.1 Å². The van der Waals surface area contributed by atoms with Crippen LogP contribution in [0.25, 0.3) is 0 Å². The molecule has 1 aromatic heterocycles. The molecule has 3 heterocycles. The van der Waals surface area contributed by atoms with E-state index in [0.717, 1.165) is 40.7 Å². The second-order valence-electron chi connectivity index (χ2n) is 13.0. The maximum atomic E-state index is 12.3. The molecule has 0 spiro atoms. The summed E-state index contributed by atoms with van der Waals surface area (Å²) in [6.45, 7) is 14.8. The van der Waals surface area contributed by atoms with Crippen LogP contribution in [-0.4, -0.2) is 92.8 Å². The Hall–Kier alpha value is -4.33. The van der Waals surface area contributed by atoms with E-state index in [1.807, 2.05) is 33.9 Å². The van der Waals surface area contributed by atoms with Crippen LogP contribution in [0.2, 0.25) is 18.1 Å². The predicted molar refractivity (Wildman–Crippen MR) is 168 cm³/mol. The Labute approximate surface area is 288 Å². The highest BCUT2D eigenvalue weighted by Crippen LogP contribution is 2.43. The lowest BCUT2D eigenvalue weighted by Crippen LogP contribution is -2.63. The van der Waals surface area contributed by atoms with Crippen LogP contribution in [0.15, 0.2) is 28.4 Å². The van der Waals surface area contributed by atoms with Crippen LogP contribution in [0.3, 0.4) is 0 Å². The molecule has 50 heavy (non-hydrogen) atoms. The maximum Gasteiger partial charge on any atom is 0.433 e. The van der Waals surface area contributed by atoms with Crippen molar-refractivity contribution in [2.45, 2.75) is 123 Å². The van der Waals surface area contributed by atoms with E-state index in [1.54, 1.807) is 0 Å². The number of nitrogens with zero attached hydrogens (tertiary/aromatic N) is 1. The van der Waals surface area contributed by atoms with Crippen LogP contribution < -0.4 is 0 Å². The predicted octanol–water partition coefficient (Wildman–Crippen LogP) is 3.52. The number of carbonyl (C=O) groups excluding carboxylic acids is 5. The number of nitro groups is 1. The molecule has 18 nitrogen and oxygen atoms in total. The maximum absolute atomic E-state index is 12.3. The zero-order valence-electron chi connectivity index (χ0n) is 29.4. The van der Waals surface area contributed by atoms with Crippen molar-refractivity contribution in [2.24, 2.45) is 0 Å². The number of carbonyl (C=O) groups is 5. The first-order valence-electron chi connectivity index (χ1n) is 15.5. The zero-order chi connectivity index (χ0) is 37.7. The van der Waals surface area contributed by atoms with Crippen molar-refractivity contribution in [3.63, 3.8) is 0 Å². The third kappa shape index (κ3) is 10.3. The summed E-state index contributed by atoms with van der Waals surface area (Å²) in [6.07, 6.45) is -10.4. The van der Waals surface area contributed by atoms with Gasteiger partial charge < -0.3 is 46.7 Å². The van der Waals surface area contributed by atoms with Crippen LogP contribution in [0.4, 0.5) is 5.88 Å². The summed E-state index contributed by atoms with van der Waals surface area (Å²) in [4.78, 5) is 71.5. The Balaban J connectivity index is 2.17. The first-order chi connectivity index (χ1) is 23.1. The van der Waals surface area contributed by atoms with Gasteiger partial charge in [-0.15, -0.1) is 0 Å². The number of ether oxygens (including phenoxy) is 8. The standard InChI is InChI=1S/C31H43NO17Si/c1-15(33)40-14-22-27(42-17(3)35)28(43-18(4)36)29(44-19(5)37)30(46-22)48-24-13-21(49-50(9,10)31(6,7)8)26(41-16(2)34)25(47-24)20-11-12-23(45-20)32(38)39/h11-13,22,24-30H,14H2,1-10H3/t22-,24+,25-,26-,27-,28+,29-,30+/m1/s1. The lowest BCUT2D eigenvalue weighted by atomic mass is 9.98. The molecule has 3 rings (SSSR count). The van der Waals surface area contributed by atoms with Gasteiger partial charge in [0, 0.05) is 40.7 Å². The fourth-order valence-electron chi connectivity index (χ4n) is 4.78. The number of esters is 5. The van der Waals surface area contributed by atoms with Gasteiger partial charge in [-0.2, -0.15) is 0 Å². The summed E-state index contributed by atoms with van der Waals surface area (Å²) < 4.78 is 57.5. The number of furan rings is 1. The van der Waals surface area contributed by atoms with Gasteiger partial charge in [-0.3, -0.25) is 34.1 Å². The molecule has 1 aromatic rings. The van der Waals surface area contributed by atoms with Crippen LogP contribution in [0, 0.1) is 10.1 Å². The van der Waals surface area contributed by atoms with Crippen molar-refractivity contribution in [3.05, 3.63) is 39.8 Å². The zero-order valence-corrected chi connectivity index (χ0v) is 30.4. The van der Waals surface area contributed by atoms with E-state index in [2.05, 4.69) is 0 Å². The summed E-state index contributed by atoms with van der Waals surface area (Å²) in [5.41, 5.74) is 0. The largest absolute Gasteiger partial charge is 0.544 e. The molecule has 278 valence electrons. The van der Waals surface area contributed by atoms with Gasteiger partial charge in [-0.25, -0.2) is 0 Å². The van der Waals surface area contributed by atoms with Gasteiger partial charge in [-0.05, 0) is 24.2 Å². The molecule has 0 radical (unpaired) electrons. The minimum Gasteiger partial charge on any atom is -0.544 e. The molecular weight excluding hydrogens is 686 g/mol. The number of rotatable bonds is 12. The summed E-state index contributed by atoms with van der Waals surface area (Å²) in [7, 11) is -2.70. The first-order valence-corrected chi connectivity index (χ1v) is 18.4. The molecule has 2 aliphatic heterocycles. The molecule has 0 amide bonds. The smallest absolute Gasteiger partial charge is 0.433 e. The quantitative estimate of drug-likeness (QED) is 0.0986. The monoisotopic (exact) mass is 729 g/mol. The average Bonchev–Trinajstić information content (AvgIpc) is 3.45. The van der Waals surface area contributed by atoms with E-state index < -0.39 is 105 Å². The molecule has 0 unspecified atom stereocenters. The molecule has 0 bridgehead atoms. The Morgan fingerprint density at radius 1 is 0.820 bits per heavy atom. The van der Waals surface area contributed by atoms with Crippen LogP contribution in [0.5, 0.6) is 0 Å². The second-order valence-corrected chi connectivity index (χ2v) is 17.7. The Morgan fingerprint density at radius 3 is 1.88 bits per heavy atom. The number of hydrogen-bond donors (Lipinski definition) is 0. The van der Waals surface area contributed by atoms with Crippen molar-refractivity contribution >= 4 is 44.0 Å². The lowest BCUT2D eigenvalue weighted by molar-refractivity contribution is -0.402. The summed E-state index contributed by atoms with van der Waals surface area (Å²) >= 11 is 0. The molecular formula is C31H43NO17Si. The van der Waals surface area contributed by atoms with Crippen molar-refractivity contribution < 1.29 is 75.6 Å². The highest BCUT2D eigenvalue weighted by Gasteiger charge is 2.54. The van der Waals surface area contributed by atoms with Crippen molar-refractivity contribution in [3.8, 4) is 0 Å². The highest BCUT2D eigenvalue weighted by atomic mass is 28.4. The molecule has 0 aromatic carbocycles. The molecule has 2 aliphatic rings. The minimum atomic E-state index is -2.70. The van der Waals surface area contributed by atoms with Crippen molar-refractivity contribution in [2.75, 3.05) is 6.61 Å². The van der Waals surface area contributed by atoms with Gasteiger partial charge in [0.2, 0.25) is 14.6 Å². The topological polar surface area (TPSA) is 225 Å². The van der Waals surface area contributed by atoms with Gasteiger partial charge in [0.15, 0.2) is 36.8 Å². The van der Waals surface area contributed by atoms with Crippen molar-refractivity contribution in [1.29, 1.82) is 0 Å². The molecule has 8 atom stereocenters. The van der Waals surface area contributed by atoms with Crippen LogP contribution in [0.1, 0.15) is 67.3 Å². The fraction of sp³-hybridized carbons (Fsp3) is 0.645. The highest BCUT2D eigenvalue weighted by molar-refractivity contribution is 6.74. The Morgan fingerprint density at radius 2 is 1.38 bits per heavy atom. The first kappa shape index (κ1) is 40.1. The summed E-state index contributed by atoms with van der Waals surface area (Å²) in [5, 5.41) is 11.1. The second kappa shape index (κ2) is 16.1. The average molecular weight is 730 g/mol.